The highest BCUT2D eigenvalue weighted by atomic mass is 32.2. The van der Waals surface area contributed by atoms with E-state index in [1.807, 2.05) is 0 Å². The van der Waals surface area contributed by atoms with E-state index in [4.69, 9.17) is 13.7 Å². The van der Waals surface area contributed by atoms with E-state index >= 15 is 9.18 Å². The first-order chi connectivity index (χ1) is 32.7. The lowest BCUT2D eigenvalue weighted by Crippen LogP contribution is -2.48. The number of hydrogen-bond acceptors (Lipinski definition) is 5. The van der Waals surface area contributed by atoms with Gasteiger partial charge in [0, 0.05) is 72.9 Å². The summed E-state index contributed by atoms with van der Waals surface area (Å²) in [5.74, 6) is -6.32. The Morgan fingerprint density at radius 1 is 1.04 bits per heavy atom. The first kappa shape index (κ1) is 20.8. The molecule has 0 radical (unpaired) electrons. The van der Waals surface area contributed by atoms with Crippen molar-refractivity contribution in [1.82, 2.24) is 14.4 Å². The molecule has 2 heterocycles. The van der Waals surface area contributed by atoms with Gasteiger partial charge in [-0.05, 0) is 66.6 Å². The molecule has 0 bridgehead atoms. The summed E-state index contributed by atoms with van der Waals surface area (Å²) in [6.45, 7) is -20.5. The number of methoxy groups -OCH3 is 1. The van der Waals surface area contributed by atoms with Crippen molar-refractivity contribution in [2.75, 3.05) is 33.2 Å². The van der Waals surface area contributed by atoms with Crippen molar-refractivity contribution in [3.8, 4) is 11.1 Å². The van der Waals surface area contributed by atoms with Crippen molar-refractivity contribution in [1.29, 1.82) is 0 Å². The van der Waals surface area contributed by atoms with Crippen LogP contribution in [0, 0.1) is 18.6 Å². The van der Waals surface area contributed by atoms with Crippen LogP contribution in [0.2, 0.25) is 0 Å². The lowest BCUT2D eigenvalue weighted by Gasteiger charge is -2.39. The number of carbonyl (C=O) groups is 1. The molecule has 0 spiro atoms. The smallest absolute Gasteiger partial charge is 0.383 e. The molecule has 1 aliphatic rings. The van der Waals surface area contributed by atoms with Crippen LogP contribution in [0.4, 0.5) is 22.0 Å². The zero-order chi connectivity index (χ0) is 54.7. The fourth-order valence-electron chi connectivity index (χ4n) is 4.85. The van der Waals surface area contributed by atoms with Crippen molar-refractivity contribution in [2.24, 2.45) is 0 Å². The van der Waals surface area contributed by atoms with Crippen molar-refractivity contribution in [3.63, 3.8) is 0 Å². The van der Waals surface area contributed by atoms with Gasteiger partial charge < -0.3 is 19.1 Å². The maximum atomic E-state index is 15.8. The topological polar surface area (TPSA) is 54.8 Å². The molecule has 6 rings (SSSR count). The van der Waals surface area contributed by atoms with Crippen LogP contribution in [-0.4, -0.2) is 59.5 Å². The summed E-state index contributed by atoms with van der Waals surface area (Å²) in [5, 5.41) is -2.09. The second kappa shape index (κ2) is 16.7. The van der Waals surface area contributed by atoms with Crippen LogP contribution in [-0.2, 0) is 34.5 Å². The highest BCUT2D eigenvalue weighted by Crippen LogP contribution is 2.32. The number of fused-ring (bicyclic) bond motifs is 1. The van der Waals surface area contributed by atoms with Gasteiger partial charge in [0.05, 0.1) is 37.7 Å². The number of halogens is 5. The van der Waals surface area contributed by atoms with Crippen LogP contribution in [0.3, 0.4) is 0 Å². The highest BCUT2D eigenvalue weighted by Gasteiger charge is 2.31. The highest BCUT2D eigenvalue weighted by molar-refractivity contribution is 7.98. The molecule has 1 amide bonds. The van der Waals surface area contributed by atoms with E-state index in [2.05, 4.69) is 4.74 Å². The Hall–Kier alpha value is -4.52. The molecule has 1 aromatic heterocycles. The van der Waals surface area contributed by atoms with E-state index in [9.17, 15) is 34.7 Å². The van der Waals surface area contributed by atoms with Gasteiger partial charge in [0.25, 0.3) is 0 Å². The van der Waals surface area contributed by atoms with Crippen molar-refractivity contribution in [3.05, 3.63) is 135 Å². The van der Waals surface area contributed by atoms with Gasteiger partial charge in [-0.25, -0.2) is 8.78 Å². The van der Waals surface area contributed by atoms with Crippen LogP contribution < -0.4 is 5.43 Å². The van der Waals surface area contributed by atoms with Crippen LogP contribution in [0.5, 0.6) is 0 Å². The molecule has 6 nitrogen and oxygen atoms in total. The van der Waals surface area contributed by atoms with E-state index in [1.54, 1.807) is 0 Å². The molecule has 0 N–H and O–H groups in total. The van der Waals surface area contributed by atoms with Crippen LogP contribution in [0.1, 0.15) is 61.0 Å². The standard InChI is InChI=1S/C41H40F5N3O3S/c1-27-6-15-36-34(22-27)37(50)23-39(53-26-31-4-3-5-35(42)40(31)43)49(36)25-38(51)48(33-16-18-47(19-17-33)20-21-52-2)24-28-7-9-29(10-8-28)30-11-13-32(14-12-30)41(44,45)46/h3-15,22-23,33H,16-21,24-26H2,1-2H3/i6D,15D,16D2,17D2,18D2,19D2,21D2,22D,23D,24D2,25D2,33D. The maximum Gasteiger partial charge on any atom is 0.416 e. The molecule has 1 saturated heterocycles. The van der Waals surface area contributed by atoms with E-state index in [0.717, 1.165) is 68.6 Å². The molecule has 53 heavy (non-hydrogen) atoms. The van der Waals surface area contributed by atoms with E-state index in [0.29, 0.717) is 12.1 Å². The molecular weight excluding hydrogens is 710 g/mol. The molecule has 5 aromatic rings. The molecule has 0 aliphatic carbocycles. The van der Waals surface area contributed by atoms with Crippen LogP contribution >= 0.6 is 11.8 Å². The fraction of sp³-hybridized carbons (Fsp3) is 0.317. The summed E-state index contributed by atoms with van der Waals surface area (Å²) >= 11 is 0.133. The first-order valence-electron chi connectivity index (χ1n) is 24.9. The minimum atomic E-state index is -4.76. The number of amides is 1. The summed E-state index contributed by atoms with van der Waals surface area (Å²) in [7, 11) is 0.744. The Morgan fingerprint density at radius 3 is 2.38 bits per heavy atom. The lowest BCUT2D eigenvalue weighted by atomic mass is 10.00. The minimum Gasteiger partial charge on any atom is -0.383 e. The van der Waals surface area contributed by atoms with Gasteiger partial charge in [-0.1, -0.05) is 60.1 Å². The summed E-state index contributed by atoms with van der Waals surface area (Å²) in [6.07, 6.45) is -13.8. The third-order valence-electron chi connectivity index (χ3n) is 7.48. The number of rotatable bonds is 12. The van der Waals surface area contributed by atoms with Gasteiger partial charge in [-0.15, -0.1) is 11.8 Å². The van der Waals surface area contributed by atoms with Crippen LogP contribution in [0.15, 0.2) is 101 Å². The number of nitrogens with zero attached hydrogens (tertiary/aromatic N) is 3. The Balaban J connectivity index is 1.71. The lowest BCUT2D eigenvalue weighted by molar-refractivity contribution is -0.137. The Bertz CT molecular complexity index is 3010. The molecule has 278 valence electrons. The third kappa shape index (κ3) is 9.17. The maximum absolute atomic E-state index is 15.8. The van der Waals surface area contributed by atoms with Gasteiger partial charge in [-0.3, -0.25) is 9.59 Å². The molecule has 1 aliphatic heterocycles. The fourth-order valence-corrected chi connectivity index (χ4v) is 5.79. The van der Waals surface area contributed by atoms with Crippen molar-refractivity contribution < 1.29 is 57.5 Å². The monoisotopic (exact) mass is 768 g/mol. The molecule has 0 atom stereocenters. The number of hydrogen-bond donors (Lipinski definition) is 0. The minimum absolute atomic E-state index is 0.00898. The second-order valence-electron chi connectivity index (χ2n) is 11.1. The number of carbonyl (C=O) groups excluding carboxylic acids is 1. The summed E-state index contributed by atoms with van der Waals surface area (Å²) in [5.41, 5.74) is -5.33. The summed E-state index contributed by atoms with van der Waals surface area (Å²) in [6, 6.07) is 0.942. The number of pyridine rings is 1. The first-order valence-corrected chi connectivity index (χ1v) is 16.4. The molecule has 0 saturated carbocycles. The average Bonchev–Trinajstić information content (AvgIpc) is 3.29. The number of aromatic nitrogens is 1. The van der Waals surface area contributed by atoms with Crippen LogP contribution in [0.25, 0.3) is 22.0 Å². The largest absolute Gasteiger partial charge is 0.416 e. The van der Waals surface area contributed by atoms with Crippen molar-refractivity contribution in [2.45, 2.75) is 55.6 Å². The Morgan fingerprint density at radius 2 is 1.72 bits per heavy atom. The number of likely N-dealkylation sites (tertiary alicyclic amines) is 1. The SMILES string of the molecule is [2H]c1c(C)c([2H])c2c(=O)c([2H])c(SCc3cccc(F)c3F)n(C([2H])([2H])C(=O)N(C([2H])([2H])c3ccc(-c4ccc(C(F)(F)F)cc4)cc3)C3([2H])C([2H])([2H])C([2H])([2H])N(CC([2H])([2H])OC)C([2H])([2H])C3([2H])[2H])c2c1[2H]. The van der Waals surface area contributed by atoms with Gasteiger partial charge in [-0.2, -0.15) is 13.2 Å². The van der Waals surface area contributed by atoms with Gasteiger partial charge in [0.2, 0.25) is 5.91 Å². The third-order valence-corrected chi connectivity index (χ3v) is 8.49. The predicted octanol–water partition coefficient (Wildman–Crippen LogP) is 8.71. The summed E-state index contributed by atoms with van der Waals surface area (Å²) < 4.78 is 247. The number of ether oxygens (including phenoxy) is 1. The molecular formula is C41H40F5N3O3S. The zero-order valence-electron chi connectivity index (χ0n) is 46.6. The number of piperidine rings is 1. The molecule has 4 aromatic carbocycles. The molecule has 1 fully saturated rings. The summed E-state index contributed by atoms with van der Waals surface area (Å²) in [4.78, 5) is 28.6. The number of thioether (sulfide) groups is 1. The van der Waals surface area contributed by atoms with Crippen molar-refractivity contribution >= 4 is 28.6 Å². The molecule has 12 heteroatoms. The normalized spacial score (nSPS) is 24.6. The quantitative estimate of drug-likeness (QED) is 0.0940. The average molecular weight is 769 g/mol. The van der Waals surface area contributed by atoms with E-state index < -0.39 is 154 Å². The van der Waals surface area contributed by atoms with Gasteiger partial charge in [0.1, 0.15) is 6.50 Å². The van der Waals surface area contributed by atoms with Gasteiger partial charge >= 0.3 is 6.18 Å². The van der Waals surface area contributed by atoms with E-state index in [1.165, 1.54) is 0 Å². The van der Waals surface area contributed by atoms with Gasteiger partial charge in [0.15, 0.2) is 17.1 Å². The van der Waals surface area contributed by atoms with E-state index in [-0.39, 0.29) is 37.9 Å². The second-order valence-corrected chi connectivity index (χ2v) is 12.1. The number of benzene rings is 4. The Labute approximate surface area is 335 Å². The predicted molar refractivity (Wildman–Crippen MR) is 198 cm³/mol. The molecule has 0 unspecified atom stereocenters. The Kier molecular flexibility index (Phi) is 6.54. The number of alkyl halides is 3. The zero-order valence-corrected chi connectivity index (χ0v) is 28.4.